The number of aromatic hydroxyl groups is 10. The maximum atomic E-state index is 11.1. The number of allylic oxidation sites excluding steroid dienone is 5. The van der Waals surface area contributed by atoms with Crippen LogP contribution in [0.3, 0.4) is 0 Å². The minimum absolute atomic E-state index is 0.363. The quantitative estimate of drug-likeness (QED) is 0.0316. The van der Waals surface area contributed by atoms with Gasteiger partial charge in [-0.1, -0.05) is 128 Å². The molecule has 8 aromatic rings. The smallest absolute Gasteiger partial charge is 0.208 e. The van der Waals surface area contributed by atoms with Gasteiger partial charge in [-0.3, -0.25) is 0 Å². The van der Waals surface area contributed by atoms with Gasteiger partial charge in [-0.2, -0.15) is 0 Å². The molecule has 0 aliphatic rings. The van der Waals surface area contributed by atoms with Crippen LogP contribution in [0, 0.1) is 0 Å². The number of hydrogen-bond donors (Lipinski definition) is 10. The molecule has 0 saturated heterocycles. The molecule has 0 saturated carbocycles. The summed E-state index contributed by atoms with van der Waals surface area (Å²) >= 11 is 0. The summed E-state index contributed by atoms with van der Waals surface area (Å²) in [5, 5.41) is 107. The van der Waals surface area contributed by atoms with Crippen LogP contribution in [-0.2, 0) is 0 Å². The van der Waals surface area contributed by atoms with Crippen LogP contribution in [0.5, 0.6) is 57.5 Å². The summed E-state index contributed by atoms with van der Waals surface area (Å²) < 4.78 is 0. The Morgan fingerprint density at radius 3 is 1.04 bits per heavy atom. The first-order chi connectivity index (χ1) is 32.3. The van der Waals surface area contributed by atoms with Gasteiger partial charge < -0.3 is 60.9 Å². The highest BCUT2D eigenvalue weighted by molar-refractivity contribution is 5.92. The number of anilines is 6. The standard InChI is InChI=1S/C55H44N2O10/c1-3-9-32(10-4-2)34-15-23-40(24-16-34)56(44-46(58)50(62)54(66)51(63)47(44)59)42-27-19-36(20-28-42)38-13-8-14-39(31-38)37-21-29-43(30-22-37)57(45-48(60)52(64)55(67)53(65)49(45)61)41-25-17-35(18-26-41)33-11-6-5-7-12-33/h3-31,58-67H,1H2,2H3/b10-4-,32-9+. The van der Waals surface area contributed by atoms with Crippen LogP contribution < -0.4 is 9.80 Å². The van der Waals surface area contributed by atoms with Gasteiger partial charge in [0.2, 0.25) is 34.5 Å². The van der Waals surface area contributed by atoms with Gasteiger partial charge >= 0.3 is 0 Å². The van der Waals surface area contributed by atoms with Crippen molar-refractivity contribution in [1.29, 1.82) is 0 Å². The minimum atomic E-state index is -1.08. The number of benzene rings is 8. The van der Waals surface area contributed by atoms with E-state index in [9.17, 15) is 51.1 Å². The number of phenolic OH excluding ortho intramolecular Hbond substituents is 10. The molecule has 0 aromatic heterocycles. The summed E-state index contributed by atoms with van der Waals surface area (Å²) in [6.07, 6.45) is 7.33. The Kier molecular flexibility index (Phi) is 12.1. The van der Waals surface area contributed by atoms with Crippen molar-refractivity contribution in [2.24, 2.45) is 0 Å². The van der Waals surface area contributed by atoms with Crippen LogP contribution in [0.15, 0.2) is 183 Å². The molecule has 8 aromatic carbocycles. The summed E-state index contributed by atoms with van der Waals surface area (Å²) in [5.74, 6) is -9.63. The average molecular weight is 893 g/mol. The second kappa shape index (κ2) is 18.4. The molecule has 12 heteroatoms. The highest BCUT2D eigenvalue weighted by Gasteiger charge is 2.31. The van der Waals surface area contributed by atoms with Crippen LogP contribution in [0.2, 0.25) is 0 Å². The minimum Gasteiger partial charge on any atom is -0.503 e. The van der Waals surface area contributed by atoms with E-state index in [4.69, 9.17) is 0 Å². The van der Waals surface area contributed by atoms with Crippen LogP contribution in [0.25, 0.3) is 39.0 Å². The van der Waals surface area contributed by atoms with Gasteiger partial charge in [0.25, 0.3) is 0 Å². The molecule has 0 bridgehead atoms. The average Bonchev–Trinajstić information content (AvgIpc) is 3.37. The second-order valence-corrected chi connectivity index (χ2v) is 15.3. The number of phenols is 10. The maximum absolute atomic E-state index is 11.1. The molecule has 0 radical (unpaired) electrons. The molecule has 12 nitrogen and oxygen atoms in total. The van der Waals surface area contributed by atoms with E-state index < -0.39 is 57.5 Å². The Bertz CT molecular complexity index is 3130. The normalized spacial score (nSPS) is 11.4. The predicted molar refractivity (Wildman–Crippen MR) is 262 cm³/mol. The molecular weight excluding hydrogens is 849 g/mol. The van der Waals surface area contributed by atoms with Gasteiger partial charge in [-0.05, 0) is 106 Å². The van der Waals surface area contributed by atoms with Gasteiger partial charge in [0.1, 0.15) is 11.4 Å². The van der Waals surface area contributed by atoms with Crippen LogP contribution in [0.4, 0.5) is 34.1 Å². The lowest BCUT2D eigenvalue weighted by Crippen LogP contribution is -2.11. The van der Waals surface area contributed by atoms with Crippen molar-refractivity contribution in [1.82, 2.24) is 0 Å². The van der Waals surface area contributed by atoms with Crippen molar-refractivity contribution < 1.29 is 51.1 Å². The van der Waals surface area contributed by atoms with Gasteiger partial charge in [-0.15, -0.1) is 0 Å². The Morgan fingerprint density at radius 1 is 0.373 bits per heavy atom. The third-order valence-corrected chi connectivity index (χ3v) is 11.3. The van der Waals surface area contributed by atoms with Crippen LogP contribution in [0.1, 0.15) is 12.5 Å². The fraction of sp³-hybridized carbons (Fsp3) is 0.0182. The summed E-state index contributed by atoms with van der Waals surface area (Å²) in [7, 11) is 0. The zero-order chi connectivity index (χ0) is 47.5. The molecule has 0 atom stereocenters. The monoisotopic (exact) mass is 892 g/mol. The number of nitrogens with zero attached hydrogens (tertiary/aromatic N) is 2. The fourth-order valence-electron chi connectivity index (χ4n) is 7.86. The van der Waals surface area contributed by atoms with Crippen molar-refractivity contribution in [2.45, 2.75) is 6.92 Å². The van der Waals surface area contributed by atoms with Gasteiger partial charge in [0, 0.05) is 22.7 Å². The van der Waals surface area contributed by atoms with Gasteiger partial charge in [-0.25, -0.2) is 0 Å². The van der Waals surface area contributed by atoms with E-state index >= 15 is 0 Å². The van der Waals surface area contributed by atoms with Crippen molar-refractivity contribution in [3.63, 3.8) is 0 Å². The summed E-state index contributed by atoms with van der Waals surface area (Å²) in [5.41, 5.74) is 7.81. The Hall–Kier alpha value is -9.42. The van der Waals surface area contributed by atoms with E-state index in [1.165, 1.54) is 9.80 Å². The highest BCUT2D eigenvalue weighted by atomic mass is 16.4. The largest absolute Gasteiger partial charge is 0.503 e. The van der Waals surface area contributed by atoms with E-state index in [-0.39, 0.29) is 11.4 Å². The maximum Gasteiger partial charge on any atom is 0.208 e. The summed E-state index contributed by atoms with van der Waals surface area (Å²) in [6.45, 7) is 5.69. The van der Waals surface area contributed by atoms with E-state index in [0.717, 1.165) is 44.5 Å². The van der Waals surface area contributed by atoms with Crippen LogP contribution in [-0.4, -0.2) is 51.1 Å². The molecule has 0 spiro atoms. The van der Waals surface area contributed by atoms with Crippen LogP contribution >= 0.6 is 0 Å². The van der Waals surface area contributed by atoms with Gasteiger partial charge in [0.05, 0.1) is 0 Å². The first kappa shape index (κ1) is 44.2. The van der Waals surface area contributed by atoms with Crippen molar-refractivity contribution in [2.75, 3.05) is 9.80 Å². The Labute approximate surface area is 385 Å². The second-order valence-electron chi connectivity index (χ2n) is 15.3. The SMILES string of the molecule is C=C/C=C(\C=C/C)c1ccc(N(c2ccc(-c3cccc(-c4ccc(N(c5ccc(-c6ccccc6)cc5)c5c(O)c(O)c(O)c(O)c5O)cc4)c3)cc2)c2c(O)c(O)c(O)c(O)c2O)cc1. The number of rotatable bonds is 12. The third kappa shape index (κ3) is 8.29. The van der Waals surface area contributed by atoms with E-state index in [1.807, 2.05) is 128 Å². The predicted octanol–water partition coefficient (Wildman–Crippen LogP) is 12.8. The zero-order valence-corrected chi connectivity index (χ0v) is 35.8. The molecule has 0 amide bonds. The third-order valence-electron chi connectivity index (χ3n) is 11.3. The van der Waals surface area contributed by atoms with E-state index in [0.29, 0.717) is 22.7 Å². The molecule has 334 valence electrons. The lowest BCUT2D eigenvalue weighted by molar-refractivity contribution is 0.329. The fourth-order valence-corrected chi connectivity index (χ4v) is 7.86. The van der Waals surface area contributed by atoms with Gasteiger partial charge in [0.15, 0.2) is 23.0 Å². The number of hydrogen-bond acceptors (Lipinski definition) is 12. The molecule has 10 N–H and O–H groups in total. The Morgan fingerprint density at radius 2 is 0.687 bits per heavy atom. The molecule has 0 heterocycles. The topological polar surface area (TPSA) is 209 Å². The van der Waals surface area contributed by atoms with E-state index in [1.54, 1.807) is 54.6 Å². The highest BCUT2D eigenvalue weighted by Crippen LogP contribution is 2.59. The molecule has 67 heavy (non-hydrogen) atoms. The lowest BCUT2D eigenvalue weighted by atomic mass is 9.98. The van der Waals surface area contributed by atoms with E-state index in [2.05, 4.69) is 6.58 Å². The van der Waals surface area contributed by atoms with Crippen molar-refractivity contribution in [3.8, 4) is 90.9 Å². The van der Waals surface area contributed by atoms with Crippen molar-refractivity contribution in [3.05, 3.63) is 188 Å². The molecule has 0 fully saturated rings. The molecular formula is C55H44N2O10. The van der Waals surface area contributed by atoms with Crippen molar-refractivity contribution >= 4 is 39.7 Å². The molecule has 0 aliphatic carbocycles. The summed E-state index contributed by atoms with van der Waals surface area (Å²) in [4.78, 5) is 2.88. The molecule has 8 rings (SSSR count). The molecule has 0 unspecified atom stereocenters. The first-order valence-electron chi connectivity index (χ1n) is 20.8. The first-order valence-corrected chi connectivity index (χ1v) is 20.8. The molecule has 0 aliphatic heterocycles. The summed E-state index contributed by atoms with van der Waals surface area (Å²) in [6, 6.07) is 46.0. The lowest BCUT2D eigenvalue weighted by Gasteiger charge is -2.28. The zero-order valence-electron chi connectivity index (χ0n) is 35.8. The Balaban J connectivity index is 1.14.